The Balaban J connectivity index is 2.22. The van der Waals surface area contributed by atoms with Crippen LogP contribution in [-0.2, 0) is 19.9 Å². The zero-order chi connectivity index (χ0) is 13.0. The summed E-state index contributed by atoms with van der Waals surface area (Å²) in [6.07, 6.45) is 3.27. The molecule has 18 heavy (non-hydrogen) atoms. The van der Waals surface area contributed by atoms with Gasteiger partial charge in [0.2, 0.25) is 0 Å². The van der Waals surface area contributed by atoms with Gasteiger partial charge in [0, 0.05) is 13.5 Å². The molecule has 0 saturated heterocycles. The zero-order valence-corrected chi connectivity index (χ0v) is 11.7. The molecule has 0 aliphatic rings. The molecule has 0 aliphatic heterocycles. The van der Waals surface area contributed by atoms with Crippen molar-refractivity contribution in [1.29, 1.82) is 0 Å². The van der Waals surface area contributed by atoms with Crippen molar-refractivity contribution in [1.82, 2.24) is 14.9 Å². The van der Waals surface area contributed by atoms with E-state index >= 15 is 0 Å². The second-order valence-electron chi connectivity index (χ2n) is 4.76. The van der Waals surface area contributed by atoms with Gasteiger partial charge in [0.15, 0.2) is 0 Å². The highest BCUT2D eigenvalue weighted by molar-refractivity contribution is 5.76. The monoisotopic (exact) mass is 245 g/mol. The van der Waals surface area contributed by atoms with E-state index in [2.05, 4.69) is 49.0 Å². The summed E-state index contributed by atoms with van der Waals surface area (Å²) >= 11 is 0. The number of aromatic nitrogens is 2. The second kappa shape index (κ2) is 6.01. The normalized spacial score (nSPS) is 11.3. The minimum absolute atomic E-state index is 1.03. The van der Waals surface area contributed by atoms with Gasteiger partial charge in [-0.3, -0.25) is 0 Å². The van der Waals surface area contributed by atoms with E-state index in [-0.39, 0.29) is 0 Å². The number of fused-ring (bicyclic) bond motifs is 1. The number of hydrogen-bond acceptors (Lipinski definition) is 2. The second-order valence-corrected chi connectivity index (χ2v) is 4.76. The molecule has 2 rings (SSSR count). The molecule has 1 aromatic heterocycles. The molecule has 1 aromatic carbocycles. The average Bonchev–Trinajstić information content (AvgIpc) is 2.67. The first-order valence-corrected chi connectivity index (χ1v) is 6.91. The van der Waals surface area contributed by atoms with Crippen LogP contribution in [0, 0.1) is 0 Å². The average molecular weight is 245 g/mol. The van der Waals surface area contributed by atoms with E-state index in [9.17, 15) is 0 Å². The van der Waals surface area contributed by atoms with Crippen molar-refractivity contribution >= 4 is 11.0 Å². The van der Waals surface area contributed by atoms with Crippen molar-refractivity contribution in [3.05, 3.63) is 29.6 Å². The van der Waals surface area contributed by atoms with Crippen LogP contribution in [0.4, 0.5) is 0 Å². The summed E-state index contributed by atoms with van der Waals surface area (Å²) in [6.45, 7) is 6.41. The van der Waals surface area contributed by atoms with Crippen LogP contribution in [0.15, 0.2) is 18.2 Å². The van der Waals surface area contributed by atoms with Crippen LogP contribution >= 0.6 is 0 Å². The molecule has 0 atom stereocenters. The third kappa shape index (κ3) is 2.72. The molecule has 0 unspecified atom stereocenters. The van der Waals surface area contributed by atoms with Crippen molar-refractivity contribution in [2.24, 2.45) is 7.05 Å². The molecule has 0 bridgehead atoms. The van der Waals surface area contributed by atoms with Gasteiger partial charge in [0.05, 0.1) is 11.0 Å². The third-order valence-electron chi connectivity index (χ3n) is 3.35. The Labute approximate surface area is 109 Å². The summed E-state index contributed by atoms with van der Waals surface area (Å²) in [4.78, 5) is 4.73. The van der Waals surface area contributed by atoms with Gasteiger partial charge in [-0.05, 0) is 43.6 Å². The fourth-order valence-electron chi connectivity index (χ4n) is 2.31. The predicted molar refractivity (Wildman–Crippen MR) is 77.0 cm³/mol. The Morgan fingerprint density at radius 2 is 2.06 bits per heavy atom. The molecule has 2 aromatic rings. The van der Waals surface area contributed by atoms with Crippen LogP contribution in [0.5, 0.6) is 0 Å². The highest BCUT2D eigenvalue weighted by Gasteiger charge is 2.07. The quantitative estimate of drug-likeness (QED) is 0.793. The first kappa shape index (κ1) is 13.1. The van der Waals surface area contributed by atoms with Gasteiger partial charge in [0.25, 0.3) is 0 Å². The molecular weight excluding hydrogens is 222 g/mol. The SMILES string of the molecule is CCCc1nc2cc(CCNCC)ccc2n1C. The smallest absolute Gasteiger partial charge is 0.109 e. The lowest BCUT2D eigenvalue weighted by Crippen LogP contribution is -2.15. The standard InChI is InChI=1S/C15H23N3/c1-4-6-15-17-13-11-12(9-10-16-5-2)7-8-14(13)18(15)3/h7-8,11,16H,4-6,9-10H2,1-3H3. The number of hydrogen-bond donors (Lipinski definition) is 1. The summed E-state index contributed by atoms with van der Waals surface area (Å²) in [7, 11) is 2.11. The summed E-state index contributed by atoms with van der Waals surface area (Å²) in [6, 6.07) is 6.64. The number of likely N-dealkylation sites (N-methyl/N-ethyl adjacent to an activating group) is 1. The molecule has 1 heterocycles. The molecule has 0 radical (unpaired) electrons. The zero-order valence-electron chi connectivity index (χ0n) is 11.7. The third-order valence-corrected chi connectivity index (χ3v) is 3.35. The van der Waals surface area contributed by atoms with E-state index in [1.807, 2.05) is 0 Å². The number of nitrogens with one attached hydrogen (secondary N) is 1. The summed E-state index contributed by atoms with van der Waals surface area (Å²) in [5.74, 6) is 1.19. The number of nitrogens with zero attached hydrogens (tertiary/aromatic N) is 2. The summed E-state index contributed by atoms with van der Waals surface area (Å²) in [5.41, 5.74) is 3.74. The minimum Gasteiger partial charge on any atom is -0.331 e. The number of rotatable bonds is 6. The van der Waals surface area contributed by atoms with Crippen molar-refractivity contribution in [3.8, 4) is 0 Å². The number of benzene rings is 1. The Bertz CT molecular complexity index is 514. The fraction of sp³-hybridized carbons (Fsp3) is 0.533. The van der Waals surface area contributed by atoms with Gasteiger partial charge in [-0.1, -0.05) is 19.9 Å². The maximum absolute atomic E-state index is 4.73. The van der Waals surface area contributed by atoms with Crippen LogP contribution in [0.2, 0.25) is 0 Å². The molecule has 0 aliphatic carbocycles. The maximum atomic E-state index is 4.73. The van der Waals surface area contributed by atoms with Crippen molar-refractivity contribution in [2.45, 2.75) is 33.1 Å². The van der Waals surface area contributed by atoms with Gasteiger partial charge in [0.1, 0.15) is 5.82 Å². The first-order chi connectivity index (χ1) is 8.76. The summed E-state index contributed by atoms with van der Waals surface area (Å²) in [5, 5.41) is 3.36. The Kier molecular flexibility index (Phi) is 4.37. The minimum atomic E-state index is 1.03. The van der Waals surface area contributed by atoms with Crippen LogP contribution in [0.25, 0.3) is 11.0 Å². The highest BCUT2D eigenvalue weighted by Crippen LogP contribution is 2.17. The Hall–Kier alpha value is -1.35. The Morgan fingerprint density at radius 1 is 1.22 bits per heavy atom. The van der Waals surface area contributed by atoms with E-state index in [1.165, 1.54) is 16.9 Å². The number of imidazole rings is 1. The van der Waals surface area contributed by atoms with Gasteiger partial charge in [-0.15, -0.1) is 0 Å². The molecular formula is C15H23N3. The lowest BCUT2D eigenvalue weighted by atomic mass is 10.1. The molecule has 1 N–H and O–H groups in total. The maximum Gasteiger partial charge on any atom is 0.109 e. The largest absolute Gasteiger partial charge is 0.331 e. The Morgan fingerprint density at radius 3 is 2.78 bits per heavy atom. The topological polar surface area (TPSA) is 29.9 Å². The summed E-state index contributed by atoms with van der Waals surface area (Å²) < 4.78 is 2.22. The van der Waals surface area contributed by atoms with Crippen LogP contribution < -0.4 is 5.32 Å². The van der Waals surface area contributed by atoms with Crippen LogP contribution in [0.1, 0.15) is 31.7 Å². The van der Waals surface area contributed by atoms with Gasteiger partial charge in [-0.2, -0.15) is 0 Å². The molecule has 3 heteroatoms. The van der Waals surface area contributed by atoms with Gasteiger partial charge < -0.3 is 9.88 Å². The van der Waals surface area contributed by atoms with Crippen LogP contribution in [-0.4, -0.2) is 22.6 Å². The lowest BCUT2D eigenvalue weighted by Gasteiger charge is -2.03. The lowest BCUT2D eigenvalue weighted by molar-refractivity contribution is 0.717. The molecule has 0 spiro atoms. The molecule has 0 saturated carbocycles. The molecule has 98 valence electrons. The predicted octanol–water partition coefficient (Wildman–Crippen LogP) is 2.68. The molecule has 0 fully saturated rings. The van der Waals surface area contributed by atoms with E-state index in [1.54, 1.807) is 0 Å². The van der Waals surface area contributed by atoms with E-state index < -0.39 is 0 Å². The van der Waals surface area contributed by atoms with E-state index in [0.29, 0.717) is 0 Å². The fourth-order valence-corrected chi connectivity index (χ4v) is 2.31. The van der Waals surface area contributed by atoms with E-state index in [0.717, 1.165) is 37.9 Å². The van der Waals surface area contributed by atoms with E-state index in [4.69, 9.17) is 4.98 Å². The van der Waals surface area contributed by atoms with Gasteiger partial charge >= 0.3 is 0 Å². The molecule has 3 nitrogen and oxygen atoms in total. The van der Waals surface area contributed by atoms with Crippen molar-refractivity contribution < 1.29 is 0 Å². The first-order valence-electron chi connectivity index (χ1n) is 6.91. The van der Waals surface area contributed by atoms with Crippen molar-refractivity contribution in [3.63, 3.8) is 0 Å². The van der Waals surface area contributed by atoms with Crippen LogP contribution in [0.3, 0.4) is 0 Å². The highest BCUT2D eigenvalue weighted by atomic mass is 15.1. The number of aryl methyl sites for hydroxylation is 2. The van der Waals surface area contributed by atoms with Gasteiger partial charge in [-0.25, -0.2) is 4.98 Å². The van der Waals surface area contributed by atoms with Crippen molar-refractivity contribution in [2.75, 3.05) is 13.1 Å². The molecule has 0 amide bonds.